The Hall–Kier alpha value is -2.74. The number of H-pyrrole nitrogens is 1. The summed E-state index contributed by atoms with van der Waals surface area (Å²) in [5, 5.41) is 6.53. The number of thioether (sulfide) groups is 1. The highest BCUT2D eigenvalue weighted by Crippen LogP contribution is 2.26. The van der Waals surface area contributed by atoms with Crippen molar-refractivity contribution >= 4 is 33.7 Å². The van der Waals surface area contributed by atoms with Gasteiger partial charge >= 0.3 is 0 Å². The molecule has 0 saturated carbocycles. The summed E-state index contributed by atoms with van der Waals surface area (Å²) in [7, 11) is 1.84. The summed E-state index contributed by atoms with van der Waals surface area (Å²) in [5.41, 5.74) is 2.39. The third-order valence-corrected chi connectivity index (χ3v) is 4.84. The molecule has 0 radical (unpaired) electrons. The Balaban J connectivity index is 1.69. The highest BCUT2D eigenvalue weighted by molar-refractivity contribution is 7.98. The summed E-state index contributed by atoms with van der Waals surface area (Å²) in [5.74, 6) is 1.14. The lowest BCUT2D eigenvalue weighted by Crippen LogP contribution is -2.11. The summed E-state index contributed by atoms with van der Waals surface area (Å²) in [6.45, 7) is 1.95. The van der Waals surface area contributed by atoms with Crippen LogP contribution < -0.4 is 5.56 Å². The quantitative estimate of drug-likeness (QED) is 0.455. The second-order valence-electron chi connectivity index (χ2n) is 5.46. The minimum atomic E-state index is -0.117. The number of aromatic amines is 1. The summed E-state index contributed by atoms with van der Waals surface area (Å²) in [6.07, 6.45) is 3.27. The third-order valence-electron chi connectivity index (χ3n) is 3.83. The molecule has 3 heterocycles. The van der Waals surface area contributed by atoms with E-state index in [2.05, 4.69) is 25.0 Å². The van der Waals surface area contributed by atoms with Crippen LogP contribution in [0.15, 0.2) is 40.5 Å². The smallest absolute Gasteiger partial charge is 0.258 e. The zero-order valence-electron chi connectivity index (χ0n) is 13.1. The van der Waals surface area contributed by atoms with Crippen molar-refractivity contribution in [2.75, 3.05) is 0 Å². The van der Waals surface area contributed by atoms with Crippen LogP contribution in [-0.4, -0.2) is 29.7 Å². The molecule has 0 fully saturated rings. The number of aryl methyl sites for hydroxylation is 2. The van der Waals surface area contributed by atoms with Gasteiger partial charge in [-0.15, -0.1) is 0 Å². The van der Waals surface area contributed by atoms with Gasteiger partial charge in [0.1, 0.15) is 17.2 Å². The molecule has 0 atom stereocenters. The van der Waals surface area contributed by atoms with E-state index in [0.717, 1.165) is 27.1 Å². The number of aromatic nitrogens is 6. The number of rotatable bonds is 3. The number of para-hydroxylation sites is 1. The largest absolute Gasteiger partial charge is 0.309 e. The topological polar surface area (TPSA) is 89.4 Å². The standard InChI is InChI=1S/C16H14N6OS/c1-9-4-3-5-10-13(9)20-12(21-15(10)23)7-24-16-11-6-19-22(2)14(11)17-8-18-16/h3-6,8H,7H2,1-2H3,(H,20,21,23). The molecule has 1 aromatic carbocycles. The van der Waals surface area contributed by atoms with Crippen molar-refractivity contribution < 1.29 is 0 Å². The van der Waals surface area contributed by atoms with Crippen LogP contribution in [0.5, 0.6) is 0 Å². The molecule has 0 spiro atoms. The van der Waals surface area contributed by atoms with Crippen LogP contribution in [0.2, 0.25) is 0 Å². The molecule has 0 bridgehead atoms. The van der Waals surface area contributed by atoms with Gasteiger partial charge in [-0.25, -0.2) is 15.0 Å². The van der Waals surface area contributed by atoms with Crippen molar-refractivity contribution in [3.05, 3.63) is 52.5 Å². The van der Waals surface area contributed by atoms with Gasteiger partial charge in [-0.2, -0.15) is 5.10 Å². The summed E-state index contributed by atoms with van der Waals surface area (Å²) in [4.78, 5) is 28.2. The van der Waals surface area contributed by atoms with Gasteiger partial charge in [0.2, 0.25) is 0 Å². The van der Waals surface area contributed by atoms with E-state index < -0.39 is 0 Å². The minimum Gasteiger partial charge on any atom is -0.309 e. The van der Waals surface area contributed by atoms with Gasteiger partial charge in [-0.1, -0.05) is 23.9 Å². The summed E-state index contributed by atoms with van der Waals surface area (Å²) >= 11 is 1.50. The Morgan fingerprint density at radius 1 is 1.25 bits per heavy atom. The average molecular weight is 338 g/mol. The van der Waals surface area contributed by atoms with Gasteiger partial charge in [-0.3, -0.25) is 9.48 Å². The molecule has 0 aliphatic heterocycles. The predicted molar refractivity (Wildman–Crippen MR) is 93.0 cm³/mol. The van der Waals surface area contributed by atoms with Gasteiger partial charge in [0, 0.05) is 7.05 Å². The van der Waals surface area contributed by atoms with E-state index >= 15 is 0 Å². The maximum absolute atomic E-state index is 12.2. The van der Waals surface area contributed by atoms with Crippen LogP contribution in [0.1, 0.15) is 11.4 Å². The van der Waals surface area contributed by atoms with E-state index in [0.29, 0.717) is 17.0 Å². The van der Waals surface area contributed by atoms with E-state index in [1.165, 1.54) is 18.1 Å². The number of nitrogens with one attached hydrogen (secondary N) is 1. The van der Waals surface area contributed by atoms with Crippen LogP contribution in [0.25, 0.3) is 21.9 Å². The van der Waals surface area contributed by atoms with Crippen molar-refractivity contribution in [1.29, 1.82) is 0 Å². The summed E-state index contributed by atoms with van der Waals surface area (Å²) in [6, 6.07) is 5.60. The van der Waals surface area contributed by atoms with Crippen LogP contribution in [0.4, 0.5) is 0 Å². The maximum Gasteiger partial charge on any atom is 0.258 e. The molecule has 4 aromatic rings. The number of benzene rings is 1. The number of fused-ring (bicyclic) bond motifs is 2. The molecule has 8 heteroatoms. The average Bonchev–Trinajstić information content (AvgIpc) is 2.96. The molecule has 0 aliphatic carbocycles. The van der Waals surface area contributed by atoms with Crippen LogP contribution in [-0.2, 0) is 12.8 Å². The molecule has 4 rings (SSSR count). The van der Waals surface area contributed by atoms with Gasteiger partial charge in [-0.05, 0) is 18.6 Å². The summed E-state index contributed by atoms with van der Waals surface area (Å²) < 4.78 is 1.71. The molecular weight excluding hydrogens is 324 g/mol. The highest BCUT2D eigenvalue weighted by Gasteiger charge is 2.10. The fraction of sp³-hybridized carbons (Fsp3) is 0.188. The molecule has 7 nitrogen and oxygen atoms in total. The van der Waals surface area contributed by atoms with Crippen molar-refractivity contribution in [2.24, 2.45) is 7.05 Å². The van der Waals surface area contributed by atoms with Gasteiger partial charge in [0.25, 0.3) is 5.56 Å². The van der Waals surface area contributed by atoms with Crippen LogP contribution in [0, 0.1) is 6.92 Å². The Kier molecular flexibility index (Phi) is 3.53. The second kappa shape index (κ2) is 5.72. The SMILES string of the molecule is Cc1cccc2c(=O)[nH]c(CSc3ncnc4c3cnn4C)nc12. The van der Waals surface area contributed by atoms with E-state index in [9.17, 15) is 4.79 Å². The molecule has 0 saturated heterocycles. The number of nitrogens with zero attached hydrogens (tertiary/aromatic N) is 5. The Morgan fingerprint density at radius 2 is 2.12 bits per heavy atom. The molecule has 24 heavy (non-hydrogen) atoms. The first-order valence-corrected chi connectivity index (χ1v) is 8.36. The minimum absolute atomic E-state index is 0.117. The molecule has 120 valence electrons. The highest BCUT2D eigenvalue weighted by atomic mass is 32.2. The van der Waals surface area contributed by atoms with Crippen molar-refractivity contribution in [2.45, 2.75) is 17.7 Å². The van der Waals surface area contributed by atoms with Crippen LogP contribution in [0.3, 0.4) is 0 Å². The van der Waals surface area contributed by atoms with E-state index in [4.69, 9.17) is 0 Å². The van der Waals surface area contributed by atoms with E-state index in [1.54, 1.807) is 16.9 Å². The third kappa shape index (κ3) is 2.44. The lowest BCUT2D eigenvalue weighted by atomic mass is 10.1. The predicted octanol–water partition coefficient (Wildman–Crippen LogP) is 2.20. The Labute approximate surface area is 141 Å². The lowest BCUT2D eigenvalue weighted by molar-refractivity contribution is 0.784. The molecule has 0 amide bonds. The van der Waals surface area contributed by atoms with Crippen LogP contribution >= 0.6 is 11.8 Å². The van der Waals surface area contributed by atoms with E-state index in [1.807, 2.05) is 26.1 Å². The normalized spacial score (nSPS) is 11.4. The zero-order valence-corrected chi connectivity index (χ0v) is 14.0. The maximum atomic E-state index is 12.2. The van der Waals surface area contributed by atoms with Crippen molar-refractivity contribution in [1.82, 2.24) is 29.7 Å². The fourth-order valence-electron chi connectivity index (χ4n) is 2.61. The zero-order chi connectivity index (χ0) is 16.7. The number of hydrogen-bond donors (Lipinski definition) is 1. The Morgan fingerprint density at radius 3 is 3.00 bits per heavy atom. The van der Waals surface area contributed by atoms with Gasteiger partial charge < -0.3 is 4.98 Å². The molecule has 3 aromatic heterocycles. The Bertz CT molecular complexity index is 1120. The number of hydrogen-bond acceptors (Lipinski definition) is 6. The van der Waals surface area contributed by atoms with E-state index in [-0.39, 0.29) is 5.56 Å². The lowest BCUT2D eigenvalue weighted by Gasteiger charge is -2.05. The first kappa shape index (κ1) is 14.8. The fourth-order valence-corrected chi connectivity index (χ4v) is 3.44. The van der Waals surface area contributed by atoms with Gasteiger partial charge in [0.15, 0.2) is 5.65 Å². The van der Waals surface area contributed by atoms with Crippen molar-refractivity contribution in [3.63, 3.8) is 0 Å². The molecule has 1 N–H and O–H groups in total. The molecule has 0 aliphatic rings. The first-order chi connectivity index (χ1) is 11.6. The van der Waals surface area contributed by atoms with Crippen molar-refractivity contribution in [3.8, 4) is 0 Å². The monoisotopic (exact) mass is 338 g/mol. The second-order valence-corrected chi connectivity index (χ2v) is 6.42. The molecular formula is C16H14N6OS. The van der Waals surface area contributed by atoms with Gasteiger partial charge in [0.05, 0.1) is 28.2 Å². The first-order valence-electron chi connectivity index (χ1n) is 7.37. The molecule has 0 unspecified atom stereocenters.